The van der Waals surface area contributed by atoms with Gasteiger partial charge in [0.1, 0.15) is 0 Å². The van der Waals surface area contributed by atoms with Crippen molar-refractivity contribution in [3.05, 3.63) is 109 Å². The minimum Gasteiger partial charge on any atom is -0.335 e. The van der Waals surface area contributed by atoms with E-state index >= 15 is 0 Å². The van der Waals surface area contributed by atoms with Crippen LogP contribution in [0.4, 0.5) is 11.4 Å². The van der Waals surface area contributed by atoms with Crippen molar-refractivity contribution < 1.29 is 0 Å². The molecule has 0 atom stereocenters. The highest BCUT2D eigenvalue weighted by Gasteiger charge is 2.30. The Morgan fingerprint density at radius 2 is 1.26 bits per heavy atom. The summed E-state index contributed by atoms with van der Waals surface area (Å²) in [6, 6.07) is 39.2. The highest BCUT2D eigenvalue weighted by Crippen LogP contribution is 2.49. The third-order valence-corrected chi connectivity index (χ3v) is 7.96. The summed E-state index contributed by atoms with van der Waals surface area (Å²) in [4.78, 5) is 2.40. The number of aromatic nitrogens is 2. The van der Waals surface area contributed by atoms with Gasteiger partial charge in [0.25, 0.3) is 0 Å². The summed E-state index contributed by atoms with van der Waals surface area (Å²) in [5.41, 5.74) is 9.90. The molecule has 0 amide bonds. The summed E-state index contributed by atoms with van der Waals surface area (Å²) in [7, 11) is 0. The Hall–Kier alpha value is -5.01. The Bertz CT molecular complexity index is 2120. The Morgan fingerprint density at radius 3 is 2.05 bits per heavy atom. The molecular formula is C34H24N4. The third kappa shape index (κ3) is 2.58. The number of hydrogen-bond acceptors (Lipinski definition) is 2. The lowest BCUT2D eigenvalue weighted by atomic mass is 10.1. The van der Waals surface area contributed by atoms with Crippen LogP contribution in [0.2, 0.25) is 0 Å². The molecule has 5 aromatic carbocycles. The Balaban J connectivity index is 1.68. The van der Waals surface area contributed by atoms with Crippen molar-refractivity contribution in [3.63, 3.8) is 0 Å². The Morgan fingerprint density at radius 1 is 0.579 bits per heavy atom. The van der Waals surface area contributed by atoms with Crippen molar-refractivity contribution in [2.24, 2.45) is 0 Å². The Kier molecular flexibility index (Phi) is 4.17. The van der Waals surface area contributed by atoms with Gasteiger partial charge in [-0.2, -0.15) is 5.26 Å². The van der Waals surface area contributed by atoms with Crippen LogP contribution in [0, 0.1) is 11.3 Å². The van der Waals surface area contributed by atoms with E-state index in [2.05, 4.69) is 125 Å². The van der Waals surface area contributed by atoms with Crippen molar-refractivity contribution in [3.8, 4) is 17.4 Å². The molecule has 0 bridgehead atoms. The molecule has 4 heteroatoms. The number of nitrogens with zero attached hydrogens (tertiary/aromatic N) is 4. The van der Waals surface area contributed by atoms with Crippen LogP contribution in [-0.2, 0) is 0 Å². The fourth-order valence-electron chi connectivity index (χ4n) is 6.52. The maximum Gasteiger partial charge on any atom is 0.0992 e. The molecule has 0 aliphatic carbocycles. The molecule has 1 aliphatic heterocycles. The van der Waals surface area contributed by atoms with E-state index in [0.29, 0.717) is 5.56 Å². The molecule has 0 spiro atoms. The van der Waals surface area contributed by atoms with Crippen LogP contribution < -0.4 is 4.90 Å². The molecule has 0 saturated heterocycles. The topological polar surface area (TPSA) is 36.9 Å². The number of rotatable bonds is 2. The first-order chi connectivity index (χ1) is 18.7. The van der Waals surface area contributed by atoms with E-state index < -0.39 is 0 Å². The SMILES string of the molecule is CC(C)N1c2ccc(C#N)cc2-n2c3c1cccc3c1ccc3c4ccccc4n(-c4ccccc4)c3c12. The minimum atomic E-state index is 0.259. The molecule has 2 aromatic heterocycles. The van der Waals surface area contributed by atoms with Crippen LogP contribution in [0.1, 0.15) is 19.4 Å². The number of benzene rings is 5. The van der Waals surface area contributed by atoms with E-state index in [1.54, 1.807) is 0 Å². The van der Waals surface area contributed by atoms with Gasteiger partial charge in [-0.15, -0.1) is 0 Å². The highest BCUT2D eigenvalue weighted by atomic mass is 15.2. The van der Waals surface area contributed by atoms with Crippen molar-refractivity contribution in [1.82, 2.24) is 9.13 Å². The first-order valence-electron chi connectivity index (χ1n) is 13.1. The summed E-state index contributed by atoms with van der Waals surface area (Å²) in [5.74, 6) is 0. The van der Waals surface area contributed by atoms with Gasteiger partial charge in [0.2, 0.25) is 0 Å². The van der Waals surface area contributed by atoms with Gasteiger partial charge in [0.15, 0.2) is 0 Å². The average molecular weight is 489 g/mol. The zero-order chi connectivity index (χ0) is 25.5. The van der Waals surface area contributed by atoms with Crippen LogP contribution in [0.3, 0.4) is 0 Å². The van der Waals surface area contributed by atoms with Crippen molar-refractivity contribution in [1.29, 1.82) is 5.26 Å². The summed E-state index contributed by atoms with van der Waals surface area (Å²) in [6.07, 6.45) is 0. The van der Waals surface area contributed by atoms with E-state index in [1.807, 2.05) is 12.1 Å². The maximum atomic E-state index is 9.85. The molecule has 3 heterocycles. The van der Waals surface area contributed by atoms with Crippen LogP contribution in [0.15, 0.2) is 103 Å². The van der Waals surface area contributed by atoms with E-state index in [0.717, 1.165) is 17.1 Å². The van der Waals surface area contributed by atoms with E-state index in [9.17, 15) is 5.26 Å². The van der Waals surface area contributed by atoms with Gasteiger partial charge in [0.05, 0.1) is 50.8 Å². The minimum absolute atomic E-state index is 0.259. The molecule has 0 N–H and O–H groups in total. The largest absolute Gasteiger partial charge is 0.335 e. The fourth-order valence-corrected chi connectivity index (χ4v) is 6.52. The first-order valence-corrected chi connectivity index (χ1v) is 13.1. The van der Waals surface area contributed by atoms with Gasteiger partial charge < -0.3 is 14.0 Å². The second-order valence-corrected chi connectivity index (χ2v) is 10.3. The van der Waals surface area contributed by atoms with Gasteiger partial charge in [-0.3, -0.25) is 0 Å². The quantitative estimate of drug-likeness (QED) is 0.244. The predicted octanol–water partition coefficient (Wildman–Crippen LogP) is 8.61. The molecule has 0 fully saturated rings. The molecule has 180 valence electrons. The summed E-state index contributed by atoms with van der Waals surface area (Å²) < 4.78 is 4.81. The van der Waals surface area contributed by atoms with Gasteiger partial charge in [0, 0.05) is 33.3 Å². The maximum absolute atomic E-state index is 9.85. The standard InChI is InChI=1S/C34H24N4/c1-21(2)36-29-18-15-22(20-35)19-31(29)38-32-25(12-8-14-30(32)36)27-17-16-26-24-11-6-7-13-28(24)37(33(26)34(27)38)23-9-4-3-5-10-23/h3-19,21H,1-2H3. The van der Waals surface area contributed by atoms with Gasteiger partial charge in [-0.1, -0.05) is 60.7 Å². The van der Waals surface area contributed by atoms with Gasteiger partial charge >= 0.3 is 0 Å². The molecule has 4 nitrogen and oxygen atoms in total. The molecule has 8 rings (SSSR count). The lowest BCUT2D eigenvalue weighted by molar-refractivity contribution is 0.781. The van der Waals surface area contributed by atoms with Crippen LogP contribution >= 0.6 is 0 Å². The van der Waals surface area contributed by atoms with E-state index in [-0.39, 0.29) is 6.04 Å². The van der Waals surface area contributed by atoms with E-state index in [1.165, 1.54) is 49.3 Å². The lowest BCUT2D eigenvalue weighted by Crippen LogP contribution is -2.29. The molecule has 0 unspecified atom stereocenters. The van der Waals surface area contributed by atoms with Crippen molar-refractivity contribution in [2.45, 2.75) is 19.9 Å². The second-order valence-electron chi connectivity index (χ2n) is 10.3. The van der Waals surface area contributed by atoms with Crippen molar-refractivity contribution >= 4 is 55.0 Å². The monoisotopic (exact) mass is 488 g/mol. The normalized spacial score (nSPS) is 12.6. The molecular weight excluding hydrogens is 464 g/mol. The zero-order valence-electron chi connectivity index (χ0n) is 21.2. The van der Waals surface area contributed by atoms with Crippen LogP contribution in [-0.4, -0.2) is 15.2 Å². The van der Waals surface area contributed by atoms with Crippen molar-refractivity contribution in [2.75, 3.05) is 4.90 Å². The van der Waals surface area contributed by atoms with Crippen LogP contribution in [0.5, 0.6) is 0 Å². The number of fused-ring (bicyclic) bond motifs is 9. The number of anilines is 2. The van der Waals surface area contributed by atoms with Gasteiger partial charge in [-0.05, 0) is 56.3 Å². The Labute approximate surface area is 220 Å². The first kappa shape index (κ1) is 21.1. The highest BCUT2D eigenvalue weighted by molar-refractivity contribution is 6.26. The number of hydrogen-bond donors (Lipinski definition) is 0. The molecule has 0 radical (unpaired) electrons. The predicted molar refractivity (Wildman–Crippen MR) is 157 cm³/mol. The van der Waals surface area contributed by atoms with Gasteiger partial charge in [-0.25, -0.2) is 0 Å². The number of para-hydroxylation sites is 3. The number of nitriles is 1. The van der Waals surface area contributed by atoms with E-state index in [4.69, 9.17) is 0 Å². The third-order valence-electron chi connectivity index (χ3n) is 7.96. The molecule has 0 saturated carbocycles. The summed E-state index contributed by atoms with van der Waals surface area (Å²) in [6.45, 7) is 4.45. The zero-order valence-corrected chi connectivity index (χ0v) is 21.2. The summed E-state index contributed by atoms with van der Waals surface area (Å²) in [5, 5.41) is 14.7. The second kappa shape index (κ2) is 7.50. The smallest absolute Gasteiger partial charge is 0.0992 e. The summed E-state index contributed by atoms with van der Waals surface area (Å²) >= 11 is 0. The molecule has 7 aromatic rings. The lowest BCUT2D eigenvalue weighted by Gasteiger charge is -2.36. The fraction of sp³-hybridized carbons (Fsp3) is 0.0882. The molecule has 38 heavy (non-hydrogen) atoms. The average Bonchev–Trinajstić information content (AvgIpc) is 3.47. The van der Waals surface area contributed by atoms with Crippen LogP contribution in [0.25, 0.3) is 55.0 Å². The molecule has 1 aliphatic rings.